The van der Waals surface area contributed by atoms with E-state index in [0.717, 1.165) is 5.69 Å². The standard InChI is InChI=1S/C19H21NO4/c1-4-23-16(22)17(2)14-10-11-19(24-14)12-20(15(21)18(17,19)3)13-8-6-5-7-9-13/h5-11,14H,4,12H2,1-3H3/t14-,17+,18+,19-/m1/s1. The van der Waals surface area contributed by atoms with Crippen LogP contribution in [0, 0.1) is 10.8 Å². The van der Waals surface area contributed by atoms with Crippen LogP contribution >= 0.6 is 0 Å². The minimum Gasteiger partial charge on any atom is -0.465 e. The van der Waals surface area contributed by atoms with Crippen LogP contribution in [0.1, 0.15) is 20.8 Å². The summed E-state index contributed by atoms with van der Waals surface area (Å²) in [5.41, 5.74) is -1.98. The molecule has 5 nitrogen and oxygen atoms in total. The number of amides is 1. The predicted molar refractivity (Wildman–Crippen MR) is 88.4 cm³/mol. The number of ether oxygens (including phenoxy) is 2. The van der Waals surface area contributed by atoms with Crippen LogP contribution in [-0.2, 0) is 19.1 Å². The maximum Gasteiger partial charge on any atom is 0.316 e. The second-order valence-electron chi connectivity index (χ2n) is 7.06. The minimum absolute atomic E-state index is 0.0869. The van der Waals surface area contributed by atoms with Gasteiger partial charge in [-0.2, -0.15) is 0 Å². The Bertz CT molecular complexity index is 745. The SMILES string of the molecule is CCOC(=O)[C@]1(C)[C@H]2C=C[C@]3(CN(c4ccccc4)C(=O)[C@]31C)O2. The largest absolute Gasteiger partial charge is 0.465 e. The average Bonchev–Trinajstić information content (AvgIpc) is 3.18. The van der Waals surface area contributed by atoms with Crippen molar-refractivity contribution in [3.63, 3.8) is 0 Å². The maximum atomic E-state index is 13.4. The van der Waals surface area contributed by atoms with E-state index in [2.05, 4.69) is 0 Å². The van der Waals surface area contributed by atoms with Gasteiger partial charge in [-0.3, -0.25) is 9.59 Å². The molecule has 0 aliphatic carbocycles. The smallest absolute Gasteiger partial charge is 0.316 e. The van der Waals surface area contributed by atoms with Gasteiger partial charge in [0.25, 0.3) is 0 Å². The van der Waals surface area contributed by atoms with Crippen LogP contribution in [0.2, 0.25) is 0 Å². The molecule has 3 aliphatic heterocycles. The molecule has 5 heteroatoms. The highest BCUT2D eigenvalue weighted by Crippen LogP contribution is 2.66. The van der Waals surface area contributed by atoms with Crippen LogP contribution in [0.4, 0.5) is 5.69 Å². The van der Waals surface area contributed by atoms with Gasteiger partial charge < -0.3 is 14.4 Å². The van der Waals surface area contributed by atoms with Crippen LogP contribution in [0.5, 0.6) is 0 Å². The molecule has 2 saturated heterocycles. The van der Waals surface area contributed by atoms with Crippen LogP contribution in [0.25, 0.3) is 0 Å². The number of hydrogen-bond donors (Lipinski definition) is 0. The quantitative estimate of drug-likeness (QED) is 0.631. The fourth-order valence-electron chi connectivity index (χ4n) is 4.51. The molecule has 1 spiro atoms. The highest BCUT2D eigenvalue weighted by molar-refractivity contribution is 6.06. The second kappa shape index (κ2) is 4.70. The molecule has 3 aliphatic rings. The highest BCUT2D eigenvalue weighted by atomic mass is 16.6. The Labute approximate surface area is 141 Å². The van der Waals surface area contributed by atoms with Gasteiger partial charge >= 0.3 is 5.97 Å². The third-order valence-electron chi connectivity index (χ3n) is 6.16. The molecule has 2 fully saturated rings. The molecule has 4 rings (SSSR count). The molecular formula is C19H21NO4. The zero-order valence-corrected chi connectivity index (χ0v) is 14.1. The lowest BCUT2D eigenvalue weighted by atomic mass is 9.56. The molecule has 1 aromatic rings. The number of anilines is 1. The molecule has 0 aromatic heterocycles. The van der Waals surface area contributed by atoms with Gasteiger partial charge in [-0.05, 0) is 32.9 Å². The van der Waals surface area contributed by atoms with E-state index in [9.17, 15) is 9.59 Å². The van der Waals surface area contributed by atoms with Gasteiger partial charge in [0.1, 0.15) is 11.0 Å². The van der Waals surface area contributed by atoms with E-state index in [4.69, 9.17) is 9.47 Å². The summed E-state index contributed by atoms with van der Waals surface area (Å²) < 4.78 is 11.5. The van der Waals surface area contributed by atoms with Gasteiger partial charge in [-0.15, -0.1) is 0 Å². The van der Waals surface area contributed by atoms with Crippen molar-refractivity contribution in [2.24, 2.45) is 10.8 Å². The Morgan fingerprint density at radius 3 is 2.71 bits per heavy atom. The van der Waals surface area contributed by atoms with Crippen molar-refractivity contribution in [3.8, 4) is 0 Å². The predicted octanol–water partition coefficient (Wildman–Crippen LogP) is 2.32. The molecule has 24 heavy (non-hydrogen) atoms. The summed E-state index contributed by atoms with van der Waals surface area (Å²) in [6.45, 7) is 6.11. The number of benzene rings is 1. The van der Waals surface area contributed by atoms with E-state index in [1.54, 1.807) is 18.7 Å². The monoisotopic (exact) mass is 327 g/mol. The van der Waals surface area contributed by atoms with Crippen molar-refractivity contribution in [3.05, 3.63) is 42.5 Å². The topological polar surface area (TPSA) is 55.8 Å². The first-order valence-corrected chi connectivity index (χ1v) is 8.32. The van der Waals surface area contributed by atoms with E-state index in [1.807, 2.05) is 49.4 Å². The number of fused-ring (bicyclic) bond motifs is 1. The number of rotatable bonds is 3. The van der Waals surface area contributed by atoms with E-state index >= 15 is 0 Å². The average molecular weight is 327 g/mol. The molecule has 0 N–H and O–H groups in total. The molecule has 0 saturated carbocycles. The van der Waals surface area contributed by atoms with Crippen LogP contribution in [0.15, 0.2) is 42.5 Å². The fraction of sp³-hybridized carbons (Fsp3) is 0.474. The van der Waals surface area contributed by atoms with Crippen molar-refractivity contribution in [2.45, 2.75) is 32.5 Å². The first-order chi connectivity index (χ1) is 11.4. The number of carbonyl (C=O) groups excluding carboxylic acids is 2. The number of hydrogen-bond acceptors (Lipinski definition) is 4. The fourth-order valence-corrected chi connectivity index (χ4v) is 4.51. The summed E-state index contributed by atoms with van der Waals surface area (Å²) in [6, 6.07) is 9.51. The van der Waals surface area contributed by atoms with Crippen LogP contribution in [-0.4, -0.2) is 36.7 Å². The summed E-state index contributed by atoms with van der Waals surface area (Å²) in [4.78, 5) is 27.9. The molecule has 0 unspecified atom stereocenters. The normalized spacial score (nSPS) is 39.4. The van der Waals surface area contributed by atoms with Crippen molar-refractivity contribution >= 4 is 17.6 Å². The van der Waals surface area contributed by atoms with Crippen molar-refractivity contribution in [1.29, 1.82) is 0 Å². The van der Waals surface area contributed by atoms with Gasteiger partial charge in [0.05, 0.1) is 24.7 Å². The van der Waals surface area contributed by atoms with E-state index in [-0.39, 0.29) is 18.5 Å². The maximum absolute atomic E-state index is 13.4. The first-order valence-electron chi connectivity index (χ1n) is 8.32. The Balaban J connectivity index is 1.83. The summed E-state index contributed by atoms with van der Waals surface area (Å²) in [6.07, 6.45) is 3.43. The molecule has 0 radical (unpaired) electrons. The van der Waals surface area contributed by atoms with Crippen molar-refractivity contribution in [2.75, 3.05) is 18.1 Å². The van der Waals surface area contributed by atoms with E-state index in [0.29, 0.717) is 6.54 Å². The number of esters is 1. The minimum atomic E-state index is -1.03. The zero-order valence-electron chi connectivity index (χ0n) is 14.1. The van der Waals surface area contributed by atoms with Gasteiger partial charge in [0, 0.05) is 5.69 Å². The molecular weight excluding hydrogens is 306 g/mol. The third kappa shape index (κ3) is 1.49. The first kappa shape index (κ1) is 15.4. The summed E-state index contributed by atoms with van der Waals surface area (Å²) in [5, 5.41) is 0. The van der Waals surface area contributed by atoms with E-state index in [1.165, 1.54) is 0 Å². The third-order valence-corrected chi connectivity index (χ3v) is 6.16. The van der Waals surface area contributed by atoms with Crippen molar-refractivity contribution < 1.29 is 19.1 Å². The summed E-state index contributed by atoms with van der Waals surface area (Å²) in [7, 11) is 0. The molecule has 1 amide bonds. The lowest BCUT2D eigenvalue weighted by Crippen LogP contribution is -2.57. The van der Waals surface area contributed by atoms with Gasteiger partial charge in [-0.25, -0.2) is 0 Å². The van der Waals surface area contributed by atoms with Crippen LogP contribution in [0.3, 0.4) is 0 Å². The van der Waals surface area contributed by atoms with Gasteiger partial charge in [0.2, 0.25) is 5.91 Å². The molecule has 2 bridgehead atoms. The zero-order chi connectivity index (χ0) is 17.2. The second-order valence-corrected chi connectivity index (χ2v) is 7.06. The Hall–Kier alpha value is -2.14. The van der Waals surface area contributed by atoms with Gasteiger partial charge in [0.15, 0.2) is 0 Å². The van der Waals surface area contributed by atoms with Crippen molar-refractivity contribution in [1.82, 2.24) is 0 Å². The Kier molecular flexibility index (Phi) is 3.01. The lowest BCUT2D eigenvalue weighted by molar-refractivity contribution is -0.165. The highest BCUT2D eigenvalue weighted by Gasteiger charge is 2.80. The lowest BCUT2D eigenvalue weighted by Gasteiger charge is -2.41. The van der Waals surface area contributed by atoms with Gasteiger partial charge in [-0.1, -0.05) is 30.4 Å². The van der Waals surface area contributed by atoms with E-state index < -0.39 is 22.5 Å². The number of carbonyl (C=O) groups is 2. The molecule has 1 aromatic carbocycles. The Morgan fingerprint density at radius 2 is 2.04 bits per heavy atom. The summed E-state index contributed by atoms with van der Waals surface area (Å²) in [5.74, 6) is -0.455. The number of nitrogens with zero attached hydrogens (tertiary/aromatic N) is 1. The number of para-hydroxylation sites is 1. The molecule has 126 valence electrons. The molecule has 4 atom stereocenters. The summed E-state index contributed by atoms with van der Waals surface area (Å²) >= 11 is 0. The van der Waals surface area contributed by atoms with Crippen LogP contribution < -0.4 is 4.90 Å². The Morgan fingerprint density at radius 1 is 1.33 bits per heavy atom. The molecule has 3 heterocycles.